The van der Waals surface area contributed by atoms with Crippen molar-refractivity contribution in [3.63, 3.8) is 0 Å². The van der Waals surface area contributed by atoms with Crippen LogP contribution in [0.2, 0.25) is 10.0 Å². The van der Waals surface area contributed by atoms with Gasteiger partial charge < -0.3 is 5.32 Å². The number of hydrogen-bond acceptors (Lipinski definition) is 1. The summed E-state index contributed by atoms with van der Waals surface area (Å²) < 4.78 is 0. The van der Waals surface area contributed by atoms with E-state index in [2.05, 4.69) is 26.1 Å². The molecule has 0 bridgehead atoms. The highest BCUT2D eigenvalue weighted by Crippen LogP contribution is 2.43. The van der Waals surface area contributed by atoms with Gasteiger partial charge in [-0.1, -0.05) is 42.1 Å². The van der Waals surface area contributed by atoms with Crippen LogP contribution in [0, 0.1) is 5.41 Å². The summed E-state index contributed by atoms with van der Waals surface area (Å²) in [6.07, 6.45) is 6.13. The predicted molar refractivity (Wildman–Crippen MR) is 88.8 cm³/mol. The molecule has 0 atom stereocenters. The van der Waals surface area contributed by atoms with Crippen LogP contribution in [0.25, 0.3) is 0 Å². The first-order chi connectivity index (χ1) is 9.31. The van der Waals surface area contributed by atoms with E-state index in [1.807, 2.05) is 18.2 Å². The van der Waals surface area contributed by atoms with Crippen LogP contribution in [0.4, 0.5) is 0 Å². The SMILES string of the molecule is CC(C)(C)NCC1(Cc2c(Cl)cccc2Cl)CCCC1. The van der Waals surface area contributed by atoms with E-state index in [1.54, 1.807) is 0 Å². The van der Waals surface area contributed by atoms with Gasteiger partial charge in [0.25, 0.3) is 0 Å². The van der Waals surface area contributed by atoms with Gasteiger partial charge >= 0.3 is 0 Å². The Hall–Kier alpha value is -0.240. The van der Waals surface area contributed by atoms with E-state index in [0.717, 1.165) is 28.6 Å². The lowest BCUT2D eigenvalue weighted by molar-refractivity contribution is 0.245. The molecule has 1 N–H and O–H groups in total. The highest BCUT2D eigenvalue weighted by molar-refractivity contribution is 6.36. The molecule has 2 rings (SSSR count). The Labute approximate surface area is 133 Å². The van der Waals surface area contributed by atoms with Crippen molar-refractivity contribution in [1.29, 1.82) is 0 Å². The van der Waals surface area contributed by atoms with Crippen molar-refractivity contribution in [1.82, 2.24) is 5.32 Å². The zero-order chi connectivity index (χ0) is 14.8. The first-order valence-corrected chi connectivity index (χ1v) is 8.25. The first kappa shape index (κ1) is 16.1. The number of nitrogens with one attached hydrogen (secondary N) is 1. The second-order valence-electron chi connectivity index (χ2n) is 7.19. The average Bonchev–Trinajstić information content (AvgIpc) is 2.80. The lowest BCUT2D eigenvalue weighted by atomic mass is 9.79. The zero-order valence-corrected chi connectivity index (χ0v) is 14.2. The normalized spacial score (nSPS) is 18.4. The fourth-order valence-corrected chi connectivity index (χ4v) is 3.60. The molecule has 0 aromatic heterocycles. The standard InChI is InChI=1S/C17H25Cl2N/c1-16(2,3)20-12-17(9-4-5-10-17)11-13-14(18)7-6-8-15(13)19/h6-8,20H,4-5,9-12H2,1-3H3. The third kappa shape index (κ3) is 4.13. The monoisotopic (exact) mass is 313 g/mol. The Balaban J connectivity index is 2.17. The van der Waals surface area contributed by atoms with Gasteiger partial charge in [0.05, 0.1) is 0 Å². The minimum absolute atomic E-state index is 0.153. The van der Waals surface area contributed by atoms with Crippen LogP contribution >= 0.6 is 23.2 Å². The van der Waals surface area contributed by atoms with E-state index in [9.17, 15) is 0 Å². The highest BCUT2D eigenvalue weighted by atomic mass is 35.5. The van der Waals surface area contributed by atoms with Gasteiger partial charge in [-0.2, -0.15) is 0 Å². The van der Waals surface area contributed by atoms with Crippen molar-refractivity contribution in [2.45, 2.75) is 58.4 Å². The molecule has 0 unspecified atom stereocenters. The number of benzene rings is 1. The fraction of sp³-hybridized carbons (Fsp3) is 0.647. The summed E-state index contributed by atoms with van der Waals surface area (Å²) in [7, 11) is 0. The third-order valence-electron chi connectivity index (χ3n) is 4.27. The topological polar surface area (TPSA) is 12.0 Å². The molecule has 0 radical (unpaired) electrons. The van der Waals surface area contributed by atoms with E-state index < -0.39 is 0 Å². The first-order valence-electron chi connectivity index (χ1n) is 7.49. The van der Waals surface area contributed by atoms with Crippen molar-refractivity contribution in [3.05, 3.63) is 33.8 Å². The van der Waals surface area contributed by atoms with Crippen LogP contribution in [-0.4, -0.2) is 12.1 Å². The predicted octanol–water partition coefficient (Wildman–Crippen LogP) is 5.48. The lowest BCUT2D eigenvalue weighted by Gasteiger charge is -2.34. The van der Waals surface area contributed by atoms with Crippen molar-refractivity contribution >= 4 is 23.2 Å². The molecule has 0 amide bonds. The molecule has 0 saturated heterocycles. The zero-order valence-electron chi connectivity index (χ0n) is 12.7. The maximum atomic E-state index is 6.36. The molecule has 0 spiro atoms. The van der Waals surface area contributed by atoms with Gasteiger partial charge in [-0.05, 0) is 63.1 Å². The van der Waals surface area contributed by atoms with Crippen LogP contribution in [0.15, 0.2) is 18.2 Å². The fourth-order valence-electron chi connectivity index (χ4n) is 3.07. The molecule has 1 fully saturated rings. The molecule has 1 aromatic rings. The summed E-state index contributed by atoms with van der Waals surface area (Å²) in [5.41, 5.74) is 1.58. The highest BCUT2D eigenvalue weighted by Gasteiger charge is 2.35. The third-order valence-corrected chi connectivity index (χ3v) is 4.98. The molecule has 3 heteroatoms. The minimum Gasteiger partial charge on any atom is -0.312 e. The van der Waals surface area contributed by atoms with Gasteiger partial charge in [-0.15, -0.1) is 0 Å². The van der Waals surface area contributed by atoms with Crippen LogP contribution in [0.1, 0.15) is 52.0 Å². The van der Waals surface area contributed by atoms with Gasteiger partial charge in [-0.3, -0.25) is 0 Å². The molecule has 1 nitrogen and oxygen atoms in total. The average molecular weight is 314 g/mol. The molecule has 1 aromatic carbocycles. The molecule has 1 aliphatic rings. The van der Waals surface area contributed by atoms with Crippen LogP contribution < -0.4 is 5.32 Å². The molecule has 1 aliphatic carbocycles. The molecule has 112 valence electrons. The van der Waals surface area contributed by atoms with Crippen molar-refractivity contribution in [2.24, 2.45) is 5.41 Å². The van der Waals surface area contributed by atoms with E-state index in [1.165, 1.54) is 25.7 Å². The minimum atomic E-state index is 0.153. The summed E-state index contributed by atoms with van der Waals surface area (Å²) in [5.74, 6) is 0. The van der Waals surface area contributed by atoms with Gasteiger partial charge in [0.2, 0.25) is 0 Å². The second-order valence-corrected chi connectivity index (χ2v) is 8.00. The molecule has 0 aliphatic heterocycles. The van der Waals surface area contributed by atoms with Crippen molar-refractivity contribution in [2.75, 3.05) is 6.54 Å². The summed E-state index contributed by atoms with van der Waals surface area (Å²) >= 11 is 12.7. The summed E-state index contributed by atoms with van der Waals surface area (Å²) in [6.45, 7) is 7.70. The van der Waals surface area contributed by atoms with Crippen LogP contribution in [0.5, 0.6) is 0 Å². The van der Waals surface area contributed by atoms with E-state index in [-0.39, 0.29) is 5.54 Å². The maximum absolute atomic E-state index is 6.36. The number of rotatable bonds is 4. The summed E-state index contributed by atoms with van der Waals surface area (Å²) in [4.78, 5) is 0. The van der Waals surface area contributed by atoms with Crippen LogP contribution in [0.3, 0.4) is 0 Å². The number of halogens is 2. The Bertz CT molecular complexity index is 436. The Morgan fingerprint density at radius 2 is 1.65 bits per heavy atom. The summed E-state index contributed by atoms with van der Waals surface area (Å²) in [5, 5.41) is 5.29. The number of hydrogen-bond donors (Lipinski definition) is 1. The van der Waals surface area contributed by atoms with E-state index in [0.29, 0.717) is 5.41 Å². The smallest absolute Gasteiger partial charge is 0.0453 e. The molecule has 1 saturated carbocycles. The van der Waals surface area contributed by atoms with E-state index >= 15 is 0 Å². The molecule has 0 heterocycles. The van der Waals surface area contributed by atoms with E-state index in [4.69, 9.17) is 23.2 Å². The Morgan fingerprint density at radius 3 is 2.15 bits per heavy atom. The quantitative estimate of drug-likeness (QED) is 0.775. The Kier molecular flexibility index (Phi) is 5.05. The maximum Gasteiger partial charge on any atom is 0.0453 e. The molecular formula is C17H25Cl2N. The molecular weight excluding hydrogens is 289 g/mol. The Morgan fingerprint density at radius 1 is 1.10 bits per heavy atom. The van der Waals surface area contributed by atoms with Gasteiger partial charge in [0.15, 0.2) is 0 Å². The largest absolute Gasteiger partial charge is 0.312 e. The molecule has 20 heavy (non-hydrogen) atoms. The summed E-state index contributed by atoms with van der Waals surface area (Å²) in [6, 6.07) is 5.81. The van der Waals surface area contributed by atoms with Gasteiger partial charge in [0.1, 0.15) is 0 Å². The van der Waals surface area contributed by atoms with Crippen molar-refractivity contribution < 1.29 is 0 Å². The van der Waals surface area contributed by atoms with Crippen molar-refractivity contribution in [3.8, 4) is 0 Å². The lowest BCUT2D eigenvalue weighted by Crippen LogP contribution is -2.44. The van der Waals surface area contributed by atoms with Crippen LogP contribution in [-0.2, 0) is 6.42 Å². The van der Waals surface area contributed by atoms with Gasteiger partial charge in [0, 0.05) is 22.1 Å². The second kappa shape index (κ2) is 6.25. The van der Waals surface area contributed by atoms with Gasteiger partial charge in [-0.25, -0.2) is 0 Å².